The number of carbonyl (C=O) groups excluding carboxylic acids is 6. The van der Waals surface area contributed by atoms with Gasteiger partial charge in [0.1, 0.15) is 33.0 Å². The van der Waals surface area contributed by atoms with Crippen LogP contribution in [0.2, 0.25) is 0 Å². The molecule has 0 atom stereocenters. The van der Waals surface area contributed by atoms with Gasteiger partial charge in [0, 0.05) is 36.5 Å². The van der Waals surface area contributed by atoms with Crippen LogP contribution in [-0.4, -0.2) is 88.7 Å². The van der Waals surface area contributed by atoms with E-state index >= 15 is 0 Å². The lowest BCUT2D eigenvalue weighted by atomic mass is 9.86. The molecule has 13 nitrogen and oxygen atoms in total. The third-order valence-electron chi connectivity index (χ3n) is 5.30. The van der Waals surface area contributed by atoms with Crippen molar-refractivity contribution in [2.45, 2.75) is 6.42 Å². The first-order valence-corrected chi connectivity index (χ1v) is 12.3. The van der Waals surface area contributed by atoms with Crippen molar-refractivity contribution in [3.05, 3.63) is 75.9 Å². The number of hydrogen-bond donors (Lipinski definition) is 0. The van der Waals surface area contributed by atoms with E-state index in [1.807, 2.05) is 0 Å². The van der Waals surface area contributed by atoms with Crippen LogP contribution in [0.4, 0.5) is 0 Å². The summed E-state index contributed by atoms with van der Waals surface area (Å²) in [5.74, 6) is -4.79. The highest BCUT2D eigenvalue weighted by Gasteiger charge is 2.39. The van der Waals surface area contributed by atoms with Gasteiger partial charge in [-0.2, -0.15) is 0 Å². The average Bonchev–Trinajstić information content (AvgIpc) is 3.01. The molecule has 0 aromatic rings. The molecule has 13 heteroatoms. The Labute approximate surface area is 244 Å². The summed E-state index contributed by atoms with van der Waals surface area (Å²) in [6.07, 6.45) is 5.43. The van der Waals surface area contributed by atoms with E-state index in [1.165, 1.54) is 0 Å². The fraction of sp³-hybridized carbons (Fsp3) is 0.379. The van der Waals surface area contributed by atoms with Gasteiger partial charge in [-0.15, -0.1) is 0 Å². The maximum atomic E-state index is 11.9. The highest BCUT2D eigenvalue weighted by Crippen LogP contribution is 2.28. The van der Waals surface area contributed by atoms with Crippen molar-refractivity contribution in [2.75, 3.05) is 52.9 Å². The van der Waals surface area contributed by atoms with Gasteiger partial charge in [0.15, 0.2) is 0 Å². The number of hydrogen-bond acceptors (Lipinski definition) is 13. The summed E-state index contributed by atoms with van der Waals surface area (Å²) in [6.45, 7) is 16.8. The van der Waals surface area contributed by atoms with Crippen molar-refractivity contribution < 1.29 is 61.9 Å². The van der Waals surface area contributed by atoms with Crippen molar-refractivity contribution in [3.8, 4) is 0 Å². The Balaban J connectivity index is 6.30. The molecule has 0 rings (SSSR count). The second-order valence-electron chi connectivity index (χ2n) is 8.67. The van der Waals surface area contributed by atoms with Crippen molar-refractivity contribution in [2.24, 2.45) is 10.8 Å². The zero-order chi connectivity index (χ0) is 32.0. The van der Waals surface area contributed by atoms with Crippen LogP contribution >= 0.6 is 0 Å². The van der Waals surface area contributed by atoms with E-state index in [-0.39, 0.29) is 39.5 Å². The Morgan fingerprint density at radius 1 is 0.405 bits per heavy atom. The highest BCUT2D eigenvalue weighted by molar-refractivity contribution is 5.83. The fourth-order valence-corrected chi connectivity index (χ4v) is 2.92. The van der Waals surface area contributed by atoms with E-state index in [1.54, 1.807) is 0 Å². The number of esters is 6. The van der Waals surface area contributed by atoms with Gasteiger partial charge < -0.3 is 33.2 Å². The van der Waals surface area contributed by atoms with Gasteiger partial charge in [0.2, 0.25) is 0 Å². The molecule has 0 aliphatic rings. The van der Waals surface area contributed by atoms with Gasteiger partial charge in [-0.25, -0.2) is 28.8 Å². The van der Waals surface area contributed by atoms with Gasteiger partial charge in [-0.1, -0.05) is 39.5 Å². The monoisotopic (exact) mass is 592 g/mol. The maximum Gasteiger partial charge on any atom is 0.330 e. The first kappa shape index (κ1) is 37.2. The molecule has 0 unspecified atom stereocenters. The quantitative estimate of drug-likeness (QED) is 0.0957. The molecule has 230 valence electrons. The topological polar surface area (TPSA) is 167 Å². The zero-order valence-electron chi connectivity index (χ0n) is 23.4. The third kappa shape index (κ3) is 15.1. The smallest absolute Gasteiger partial charge is 0.330 e. The maximum absolute atomic E-state index is 11.9. The molecular formula is C29H36O13. The molecule has 0 amide bonds. The average molecular weight is 593 g/mol. The lowest BCUT2D eigenvalue weighted by Crippen LogP contribution is -2.45. The van der Waals surface area contributed by atoms with Crippen LogP contribution in [0.1, 0.15) is 6.42 Å². The molecule has 0 bridgehead atoms. The van der Waals surface area contributed by atoms with Crippen molar-refractivity contribution in [1.29, 1.82) is 0 Å². The van der Waals surface area contributed by atoms with Gasteiger partial charge in [0.05, 0.1) is 30.7 Å². The predicted octanol–water partition coefficient (Wildman–Crippen LogP) is 1.74. The first-order chi connectivity index (χ1) is 19.9. The van der Waals surface area contributed by atoms with E-state index < -0.39 is 66.5 Å². The molecule has 0 aliphatic heterocycles. The molecule has 0 aromatic heterocycles. The Hall–Kier alpha value is -4.78. The number of carbonyl (C=O) groups is 6. The van der Waals surface area contributed by atoms with E-state index in [4.69, 9.17) is 33.2 Å². The van der Waals surface area contributed by atoms with Crippen LogP contribution in [0, 0.1) is 10.8 Å². The van der Waals surface area contributed by atoms with Crippen LogP contribution in [0.15, 0.2) is 75.9 Å². The van der Waals surface area contributed by atoms with E-state index in [0.29, 0.717) is 0 Å². The van der Waals surface area contributed by atoms with E-state index in [9.17, 15) is 28.8 Å². The van der Waals surface area contributed by atoms with Crippen LogP contribution in [0.5, 0.6) is 0 Å². The number of ether oxygens (including phenoxy) is 7. The summed E-state index contributed by atoms with van der Waals surface area (Å²) < 4.78 is 36.9. The molecule has 0 fully saturated rings. The molecule has 0 heterocycles. The third-order valence-corrected chi connectivity index (χ3v) is 5.30. The summed E-state index contributed by atoms with van der Waals surface area (Å²) in [5, 5.41) is 0. The Morgan fingerprint density at radius 2 is 0.667 bits per heavy atom. The van der Waals surface area contributed by atoms with Crippen molar-refractivity contribution in [3.63, 3.8) is 0 Å². The van der Waals surface area contributed by atoms with E-state index in [0.717, 1.165) is 36.5 Å². The van der Waals surface area contributed by atoms with Crippen LogP contribution < -0.4 is 0 Å². The molecule has 0 aromatic carbocycles. The van der Waals surface area contributed by atoms with Gasteiger partial charge in [-0.3, -0.25) is 0 Å². The molecule has 42 heavy (non-hydrogen) atoms. The Morgan fingerprint density at radius 3 is 0.976 bits per heavy atom. The molecule has 0 saturated heterocycles. The molecule has 0 saturated carbocycles. The second-order valence-corrected chi connectivity index (χ2v) is 8.67. The van der Waals surface area contributed by atoms with Crippen molar-refractivity contribution >= 4 is 35.8 Å². The second kappa shape index (κ2) is 20.2. The minimum absolute atomic E-state index is 0.0449. The zero-order valence-corrected chi connectivity index (χ0v) is 23.4. The molecule has 0 aliphatic carbocycles. The Bertz CT molecular complexity index is 956. The molecular weight excluding hydrogens is 556 g/mol. The summed E-state index contributed by atoms with van der Waals surface area (Å²) >= 11 is 0. The lowest BCUT2D eigenvalue weighted by Gasteiger charge is -2.35. The molecule has 0 N–H and O–H groups in total. The van der Waals surface area contributed by atoms with Gasteiger partial charge >= 0.3 is 35.8 Å². The van der Waals surface area contributed by atoms with Crippen LogP contribution in [0.3, 0.4) is 0 Å². The minimum Gasteiger partial charge on any atom is -0.463 e. The van der Waals surface area contributed by atoms with Crippen LogP contribution in [0.25, 0.3) is 0 Å². The summed E-state index contributed by atoms with van der Waals surface area (Å²) in [6, 6.07) is 0. The van der Waals surface area contributed by atoms with Gasteiger partial charge in [-0.05, 0) is 6.42 Å². The van der Waals surface area contributed by atoms with Crippen molar-refractivity contribution in [1.82, 2.24) is 0 Å². The standard InChI is InChI=1S/C29H36O13/c1-7-22(30)37-14-13-28(17-38-23(31)8-2,18-39-24(32)9-3)15-36-16-29(19-40-25(33)10-4,20-41-26(34)11-5)21-42-27(35)12-6/h7-12H,1-6,13-21H2. The Kier molecular flexibility index (Phi) is 17.9. The lowest BCUT2D eigenvalue weighted by molar-refractivity contribution is -0.167. The minimum atomic E-state index is -1.47. The number of rotatable bonds is 23. The van der Waals surface area contributed by atoms with E-state index in [2.05, 4.69) is 39.5 Å². The first-order valence-electron chi connectivity index (χ1n) is 12.3. The highest BCUT2D eigenvalue weighted by atomic mass is 16.6. The predicted molar refractivity (Wildman–Crippen MR) is 147 cm³/mol. The largest absolute Gasteiger partial charge is 0.463 e. The fourth-order valence-electron chi connectivity index (χ4n) is 2.92. The SMILES string of the molecule is C=CC(=O)OCCC(COCC(COC(=O)C=C)(COC(=O)C=C)COC(=O)C=C)(COC(=O)C=C)COC(=O)C=C. The summed E-state index contributed by atoms with van der Waals surface area (Å²) in [7, 11) is 0. The molecule has 0 radical (unpaired) electrons. The summed E-state index contributed by atoms with van der Waals surface area (Å²) in [5.41, 5.74) is -2.77. The molecule has 0 spiro atoms. The summed E-state index contributed by atoms with van der Waals surface area (Å²) in [4.78, 5) is 70.9. The van der Waals surface area contributed by atoms with Gasteiger partial charge in [0.25, 0.3) is 0 Å². The normalized spacial score (nSPS) is 10.6. The van der Waals surface area contributed by atoms with Crippen LogP contribution in [-0.2, 0) is 61.9 Å².